The van der Waals surface area contributed by atoms with Crippen LogP contribution in [0, 0.1) is 0 Å². The number of hydrogen-bond donors (Lipinski definition) is 0. The summed E-state index contributed by atoms with van der Waals surface area (Å²) in [5.74, 6) is -0.171. The van der Waals surface area contributed by atoms with Crippen LogP contribution in [0.2, 0.25) is 0 Å². The fraction of sp³-hybridized carbons (Fsp3) is 0.111. The highest BCUT2D eigenvalue weighted by Gasteiger charge is 2.64. The predicted octanol–water partition coefficient (Wildman–Crippen LogP) is 5.42. The van der Waals surface area contributed by atoms with Gasteiger partial charge in [-0.2, -0.15) is 0 Å². The quantitative estimate of drug-likeness (QED) is 0.146. The van der Waals surface area contributed by atoms with Gasteiger partial charge in [-0.05, 0) is 33.1 Å². The lowest BCUT2D eigenvalue weighted by molar-refractivity contribution is -0.131. The average molecular weight is 553 g/mol. The normalized spacial score (nSPS) is 17.2. The Bertz CT molecular complexity index is 1530. The monoisotopic (exact) mass is 552 g/mol. The molecule has 0 aliphatic carbocycles. The van der Waals surface area contributed by atoms with Crippen molar-refractivity contribution in [2.75, 3.05) is 0 Å². The van der Waals surface area contributed by atoms with Crippen LogP contribution in [0.15, 0.2) is 152 Å². The molecule has 0 N–H and O–H groups in total. The van der Waals surface area contributed by atoms with Crippen molar-refractivity contribution in [3.63, 3.8) is 0 Å². The zero-order chi connectivity index (χ0) is 28.3. The van der Waals surface area contributed by atoms with E-state index in [1.54, 1.807) is 4.57 Å². The maximum Gasteiger partial charge on any atom is 0.320 e. The first-order valence-corrected chi connectivity index (χ1v) is 16.0. The maximum atomic E-state index is 15.3. The fourth-order valence-corrected chi connectivity index (χ4v) is 11.1. The van der Waals surface area contributed by atoms with Crippen LogP contribution in [-0.4, -0.2) is 29.6 Å². The molecule has 0 bridgehead atoms. The lowest BCUT2D eigenvalue weighted by atomic mass is 9.85. The summed E-state index contributed by atoms with van der Waals surface area (Å²) in [7, 11) is -3.42. The molecule has 5 heteroatoms. The Labute approximate surface area is 242 Å². The van der Waals surface area contributed by atoms with Crippen molar-refractivity contribution in [3.8, 4) is 0 Å². The molecular weight excluding hydrogens is 520 g/mol. The molecule has 5 aromatic rings. The second kappa shape index (κ2) is 11.0. The molecule has 1 saturated heterocycles. The molecule has 202 valence electrons. The van der Waals surface area contributed by atoms with E-state index in [2.05, 4.69) is 36.4 Å². The van der Waals surface area contributed by atoms with Gasteiger partial charge in [0.25, 0.3) is 14.1 Å². The van der Waals surface area contributed by atoms with Crippen LogP contribution >= 0.6 is 0 Å². The Kier molecular flexibility index (Phi) is 7.12. The first-order valence-electron chi connectivity index (χ1n) is 14.1. The van der Waals surface area contributed by atoms with E-state index in [9.17, 15) is 0 Å². The van der Waals surface area contributed by atoms with Crippen molar-refractivity contribution in [3.05, 3.63) is 163 Å². The molecule has 1 aliphatic heterocycles. The highest BCUT2D eigenvalue weighted by atomic mass is 28.3. The molecule has 1 atom stereocenters. The molecular formula is C36H32N2O2Si. The van der Waals surface area contributed by atoms with Gasteiger partial charge in [0.05, 0.1) is 0 Å². The van der Waals surface area contributed by atoms with Crippen LogP contribution in [0.5, 0.6) is 0 Å². The van der Waals surface area contributed by atoms with E-state index >= 15 is 9.59 Å². The van der Waals surface area contributed by atoms with Crippen molar-refractivity contribution in [2.24, 2.45) is 0 Å². The molecule has 5 aromatic carbocycles. The number of benzene rings is 5. The van der Waals surface area contributed by atoms with Gasteiger partial charge in [0.15, 0.2) is 0 Å². The van der Waals surface area contributed by atoms with Crippen LogP contribution in [0.3, 0.4) is 0 Å². The van der Waals surface area contributed by atoms with Gasteiger partial charge in [-0.15, -0.1) is 0 Å². The van der Waals surface area contributed by atoms with Gasteiger partial charge < -0.3 is 4.90 Å². The number of carbonyl (C=O) groups excluding carboxylic acids is 2. The molecule has 0 radical (unpaired) electrons. The number of urea groups is 1. The molecule has 1 heterocycles. The molecule has 6 rings (SSSR count). The topological polar surface area (TPSA) is 40.6 Å². The third-order valence-corrected chi connectivity index (χ3v) is 12.9. The number of nitrogens with zero attached hydrogens (tertiary/aromatic N) is 2. The zero-order valence-electron chi connectivity index (χ0n) is 23.1. The van der Waals surface area contributed by atoms with Crippen molar-refractivity contribution in [2.45, 2.75) is 25.4 Å². The number of hydrogen-bond acceptors (Lipinski definition) is 2. The van der Waals surface area contributed by atoms with E-state index in [1.165, 1.54) is 0 Å². The van der Waals surface area contributed by atoms with Crippen LogP contribution in [0.1, 0.15) is 24.5 Å². The molecule has 1 unspecified atom stereocenters. The summed E-state index contributed by atoms with van der Waals surface area (Å²) >= 11 is 0. The lowest BCUT2D eigenvalue weighted by Crippen LogP contribution is -2.78. The van der Waals surface area contributed by atoms with Gasteiger partial charge in [-0.25, -0.2) is 4.79 Å². The minimum atomic E-state index is -3.42. The number of carbonyl (C=O) groups is 2. The zero-order valence-corrected chi connectivity index (χ0v) is 24.1. The van der Waals surface area contributed by atoms with Gasteiger partial charge in [0, 0.05) is 6.54 Å². The highest BCUT2D eigenvalue weighted by molar-refractivity contribution is 7.11. The van der Waals surface area contributed by atoms with Gasteiger partial charge in [0.1, 0.15) is 5.54 Å². The van der Waals surface area contributed by atoms with Crippen molar-refractivity contribution in [1.82, 2.24) is 9.47 Å². The van der Waals surface area contributed by atoms with Crippen LogP contribution in [0.25, 0.3) is 0 Å². The van der Waals surface area contributed by atoms with Gasteiger partial charge in [-0.1, -0.05) is 159 Å². The van der Waals surface area contributed by atoms with Crippen LogP contribution in [0.4, 0.5) is 4.79 Å². The molecule has 1 aliphatic rings. The molecule has 41 heavy (non-hydrogen) atoms. The minimum absolute atomic E-state index is 0.171. The predicted molar refractivity (Wildman–Crippen MR) is 167 cm³/mol. The summed E-state index contributed by atoms with van der Waals surface area (Å²) in [5, 5.41) is 2.95. The van der Waals surface area contributed by atoms with E-state index in [0.717, 1.165) is 26.7 Å². The van der Waals surface area contributed by atoms with E-state index in [0.29, 0.717) is 13.0 Å². The molecule has 1 fully saturated rings. The number of rotatable bonds is 8. The largest absolute Gasteiger partial charge is 0.320 e. The van der Waals surface area contributed by atoms with Crippen molar-refractivity contribution < 1.29 is 9.59 Å². The molecule has 3 amide bonds. The second-order valence-corrected chi connectivity index (χ2v) is 14.0. The van der Waals surface area contributed by atoms with Gasteiger partial charge >= 0.3 is 6.03 Å². The Hall–Kier alpha value is -4.74. The summed E-state index contributed by atoms with van der Waals surface area (Å²) in [5.41, 5.74) is 0.664. The summed E-state index contributed by atoms with van der Waals surface area (Å²) in [6.07, 6.45) is 0.452. The minimum Gasteiger partial charge on any atom is -0.302 e. The number of amides is 3. The molecule has 0 saturated carbocycles. The highest BCUT2D eigenvalue weighted by Crippen LogP contribution is 2.43. The van der Waals surface area contributed by atoms with E-state index < -0.39 is 13.8 Å². The summed E-state index contributed by atoms with van der Waals surface area (Å²) in [6.45, 7) is 2.34. The van der Waals surface area contributed by atoms with Crippen LogP contribution in [-0.2, 0) is 16.9 Å². The third kappa shape index (κ3) is 4.21. The molecule has 4 nitrogen and oxygen atoms in total. The van der Waals surface area contributed by atoms with Crippen LogP contribution < -0.4 is 15.6 Å². The Morgan fingerprint density at radius 3 is 1.37 bits per heavy atom. The third-order valence-electron chi connectivity index (χ3n) is 8.30. The smallest absolute Gasteiger partial charge is 0.302 e. The second-order valence-electron chi connectivity index (χ2n) is 10.4. The average Bonchev–Trinajstić information content (AvgIpc) is 3.26. The van der Waals surface area contributed by atoms with Gasteiger partial charge in [-0.3, -0.25) is 9.36 Å². The Morgan fingerprint density at radius 1 is 0.561 bits per heavy atom. The Balaban J connectivity index is 1.68. The molecule has 0 spiro atoms. The summed E-state index contributed by atoms with van der Waals surface area (Å²) < 4.78 is 1.67. The Morgan fingerprint density at radius 2 is 0.951 bits per heavy atom. The summed E-state index contributed by atoms with van der Waals surface area (Å²) in [4.78, 5) is 32.3. The molecule has 0 aromatic heterocycles. The summed E-state index contributed by atoms with van der Waals surface area (Å²) in [6, 6.07) is 49.9. The standard InChI is InChI=1S/C36H32N2O2Si/c1-2-36(30-20-10-4-11-21-30)34(39)38(35(40)37(36)28-29-18-8-3-9-19-29)41(31-22-12-5-13-23-31,32-24-14-6-15-25-32)33-26-16-7-17-27-33/h3-27H,2,28H2,1H3. The van der Waals surface area contributed by atoms with E-state index in [1.807, 2.05) is 127 Å². The fourth-order valence-electron chi connectivity index (χ4n) is 6.40. The van der Waals surface area contributed by atoms with Crippen molar-refractivity contribution in [1.29, 1.82) is 0 Å². The van der Waals surface area contributed by atoms with E-state index in [4.69, 9.17) is 0 Å². The van der Waals surface area contributed by atoms with E-state index in [-0.39, 0.29) is 11.9 Å². The SMILES string of the molecule is CCC1(c2ccccc2)C(=O)N([Si](c2ccccc2)(c2ccccc2)c2ccccc2)C(=O)N1Cc1ccccc1. The lowest BCUT2D eigenvalue weighted by Gasteiger charge is -2.39. The van der Waals surface area contributed by atoms with Gasteiger partial charge in [0.2, 0.25) is 0 Å². The maximum absolute atomic E-state index is 15.3. The first-order chi connectivity index (χ1) is 20.1. The first kappa shape index (κ1) is 26.5. The van der Waals surface area contributed by atoms with Crippen molar-refractivity contribution >= 4 is 35.7 Å². The number of imide groups is 1.